The highest BCUT2D eigenvalue weighted by Gasteiger charge is 2.62. The summed E-state index contributed by atoms with van der Waals surface area (Å²) in [6, 6.07) is 3.92. The Hall–Kier alpha value is -2.94. The van der Waals surface area contributed by atoms with Gasteiger partial charge in [0.1, 0.15) is 12.6 Å². The Labute approximate surface area is 143 Å². The number of nitrogens with two attached hydrogens (primary N) is 1. The highest BCUT2D eigenvalue weighted by atomic mass is 16.6. The van der Waals surface area contributed by atoms with Crippen molar-refractivity contribution in [2.24, 2.45) is 11.3 Å². The predicted molar refractivity (Wildman–Crippen MR) is 85.7 cm³/mol. The van der Waals surface area contributed by atoms with Gasteiger partial charge < -0.3 is 14.7 Å². The van der Waals surface area contributed by atoms with Crippen LogP contribution in [0.5, 0.6) is 0 Å². The largest absolute Gasteiger partial charge is 0.480 e. The Kier molecular flexibility index (Phi) is 4.17. The first-order chi connectivity index (χ1) is 11.9. The number of aromatic nitrogens is 1. The summed E-state index contributed by atoms with van der Waals surface area (Å²) < 4.78 is 4.96. The van der Waals surface area contributed by atoms with Crippen LogP contribution in [0.25, 0.3) is 6.08 Å². The van der Waals surface area contributed by atoms with Crippen molar-refractivity contribution in [2.45, 2.75) is 25.4 Å². The summed E-state index contributed by atoms with van der Waals surface area (Å²) in [6.45, 7) is 1.52. The summed E-state index contributed by atoms with van der Waals surface area (Å²) in [5.74, 6) is 3.50. The van der Waals surface area contributed by atoms with Crippen molar-refractivity contribution < 1.29 is 24.2 Å². The van der Waals surface area contributed by atoms with E-state index >= 15 is 0 Å². The van der Waals surface area contributed by atoms with Gasteiger partial charge in [-0.15, -0.1) is 0 Å². The van der Waals surface area contributed by atoms with Gasteiger partial charge in [-0.3, -0.25) is 15.2 Å². The Bertz CT molecular complexity index is 750. The van der Waals surface area contributed by atoms with Gasteiger partial charge >= 0.3 is 12.1 Å². The van der Waals surface area contributed by atoms with Crippen LogP contribution in [0.2, 0.25) is 0 Å². The molecule has 0 spiro atoms. The molecule has 0 bridgehead atoms. The third kappa shape index (κ3) is 2.82. The molecule has 4 N–H and O–H groups in total. The Morgan fingerprint density at radius 3 is 2.92 bits per heavy atom. The maximum absolute atomic E-state index is 12.5. The van der Waals surface area contributed by atoms with E-state index < -0.39 is 23.5 Å². The number of hydrazine groups is 1. The molecule has 0 saturated carbocycles. The number of aliphatic carboxylic acids is 1. The number of β-lactam (4-membered cyclic amide) rings is 1. The molecule has 2 amide bonds. The molecule has 2 saturated heterocycles. The molecule has 1 unspecified atom stereocenters. The summed E-state index contributed by atoms with van der Waals surface area (Å²) >= 11 is 0. The molecule has 3 atom stereocenters. The zero-order valence-electron chi connectivity index (χ0n) is 13.5. The predicted octanol–water partition coefficient (Wildman–Crippen LogP) is 0.139. The molecule has 0 aromatic carbocycles. The number of fused-ring (bicyclic) bond motifs is 1. The van der Waals surface area contributed by atoms with Gasteiger partial charge in [0.25, 0.3) is 5.91 Å². The van der Waals surface area contributed by atoms with Crippen LogP contribution in [0.15, 0.2) is 30.0 Å². The molecule has 2 fully saturated rings. The van der Waals surface area contributed by atoms with Crippen LogP contribution in [0, 0.1) is 5.41 Å². The van der Waals surface area contributed by atoms with Gasteiger partial charge in [0.05, 0.1) is 11.7 Å². The number of rotatable bonds is 4. The number of hydrogen-bond donors (Lipinski definition) is 3. The quantitative estimate of drug-likeness (QED) is 0.232. The number of pyridine rings is 1. The van der Waals surface area contributed by atoms with E-state index in [0.29, 0.717) is 17.7 Å². The van der Waals surface area contributed by atoms with Crippen LogP contribution in [0.3, 0.4) is 0 Å². The number of hydrogen-bond acceptors (Lipinski definition) is 6. The summed E-state index contributed by atoms with van der Waals surface area (Å²) in [4.78, 5) is 40.9. The number of nitrogens with one attached hydrogen (secondary N) is 1. The van der Waals surface area contributed by atoms with Crippen LogP contribution in [0.1, 0.15) is 19.0 Å². The summed E-state index contributed by atoms with van der Waals surface area (Å²) in [5.41, 5.74) is 2.05. The number of carboxylic acids is 1. The molecule has 2 aliphatic rings. The van der Waals surface area contributed by atoms with E-state index in [0.717, 1.165) is 0 Å². The van der Waals surface area contributed by atoms with Crippen molar-refractivity contribution in [3.8, 4) is 0 Å². The fourth-order valence-corrected chi connectivity index (χ4v) is 3.52. The highest BCUT2D eigenvalue weighted by Crippen LogP contribution is 2.49. The number of carbonyl (C=O) groups is 3. The number of nitrogens with zero attached hydrogens (tertiary/aromatic N) is 2. The van der Waals surface area contributed by atoms with Gasteiger partial charge in [-0.1, -0.05) is 13.0 Å². The first kappa shape index (κ1) is 16.9. The maximum atomic E-state index is 12.5. The van der Waals surface area contributed by atoms with Gasteiger partial charge in [0.2, 0.25) is 0 Å². The lowest BCUT2D eigenvalue weighted by Gasteiger charge is -2.40. The van der Waals surface area contributed by atoms with E-state index in [9.17, 15) is 19.5 Å². The fraction of sp³-hybridized carbons (Fsp3) is 0.375. The van der Waals surface area contributed by atoms with E-state index in [4.69, 9.17) is 10.6 Å². The van der Waals surface area contributed by atoms with E-state index in [1.54, 1.807) is 37.4 Å². The van der Waals surface area contributed by atoms with Gasteiger partial charge in [-0.05, 0) is 24.6 Å². The number of ether oxygens (including phenoxy) is 1. The van der Waals surface area contributed by atoms with Crippen molar-refractivity contribution >= 4 is 24.0 Å². The molecule has 3 rings (SSSR count). The topological polar surface area (TPSA) is 135 Å². The van der Waals surface area contributed by atoms with Crippen molar-refractivity contribution in [3.63, 3.8) is 0 Å². The minimum Gasteiger partial charge on any atom is -0.480 e. The lowest BCUT2D eigenvalue weighted by molar-refractivity contribution is -0.155. The Balaban J connectivity index is 1.86. The molecule has 9 heteroatoms. The molecular formula is C16H18N4O5. The van der Waals surface area contributed by atoms with Crippen LogP contribution >= 0.6 is 0 Å². The van der Waals surface area contributed by atoms with Gasteiger partial charge in [-0.25, -0.2) is 15.4 Å². The molecule has 1 aromatic rings. The SMILES string of the molecule is C[C@@]1(COC(=O)NN)CC2/C(=C\c3ccccn3)C(=O)N2[C@H]1C(=O)O. The second-order valence-electron chi connectivity index (χ2n) is 6.40. The van der Waals surface area contributed by atoms with Crippen molar-refractivity contribution in [3.05, 3.63) is 35.7 Å². The lowest BCUT2D eigenvalue weighted by atomic mass is 9.81. The number of carboxylic acid groups (broad SMARTS) is 1. The van der Waals surface area contributed by atoms with Gasteiger partial charge in [0, 0.05) is 17.2 Å². The monoisotopic (exact) mass is 346 g/mol. The third-order valence-corrected chi connectivity index (χ3v) is 4.65. The van der Waals surface area contributed by atoms with Gasteiger partial charge in [-0.2, -0.15) is 0 Å². The first-order valence-corrected chi connectivity index (χ1v) is 7.69. The highest BCUT2D eigenvalue weighted by molar-refractivity contribution is 6.08. The van der Waals surface area contributed by atoms with Crippen LogP contribution in [0.4, 0.5) is 4.79 Å². The van der Waals surface area contributed by atoms with Crippen molar-refractivity contribution in [1.29, 1.82) is 0 Å². The molecule has 2 aliphatic heterocycles. The number of amides is 2. The van der Waals surface area contributed by atoms with Crippen LogP contribution in [-0.2, 0) is 14.3 Å². The molecule has 25 heavy (non-hydrogen) atoms. The van der Waals surface area contributed by atoms with Crippen LogP contribution in [-0.4, -0.2) is 51.7 Å². The number of carbonyl (C=O) groups excluding carboxylic acids is 2. The minimum absolute atomic E-state index is 0.163. The molecular weight excluding hydrogens is 328 g/mol. The average molecular weight is 346 g/mol. The lowest BCUT2D eigenvalue weighted by Crippen LogP contribution is -2.58. The molecule has 0 aliphatic carbocycles. The molecule has 1 aromatic heterocycles. The Morgan fingerprint density at radius 2 is 2.32 bits per heavy atom. The smallest absolute Gasteiger partial charge is 0.421 e. The van der Waals surface area contributed by atoms with E-state index in [1.807, 2.05) is 5.43 Å². The second kappa shape index (κ2) is 6.17. The van der Waals surface area contributed by atoms with E-state index in [1.165, 1.54) is 4.90 Å². The van der Waals surface area contributed by atoms with Gasteiger partial charge in [0.15, 0.2) is 0 Å². The molecule has 0 radical (unpaired) electrons. The van der Waals surface area contributed by atoms with E-state index in [2.05, 4.69) is 4.98 Å². The zero-order chi connectivity index (χ0) is 18.2. The third-order valence-electron chi connectivity index (χ3n) is 4.65. The Morgan fingerprint density at radius 1 is 1.56 bits per heavy atom. The first-order valence-electron chi connectivity index (χ1n) is 7.69. The average Bonchev–Trinajstić information content (AvgIpc) is 2.89. The molecule has 3 heterocycles. The maximum Gasteiger partial charge on any atom is 0.421 e. The van der Waals surface area contributed by atoms with Crippen molar-refractivity contribution in [2.75, 3.05) is 6.61 Å². The van der Waals surface area contributed by atoms with Crippen LogP contribution < -0.4 is 11.3 Å². The summed E-state index contributed by atoms with van der Waals surface area (Å²) in [7, 11) is 0. The summed E-state index contributed by atoms with van der Waals surface area (Å²) in [5, 5.41) is 9.58. The summed E-state index contributed by atoms with van der Waals surface area (Å²) in [6.07, 6.45) is 2.80. The molecule has 9 nitrogen and oxygen atoms in total. The normalized spacial score (nSPS) is 29.1. The zero-order valence-corrected chi connectivity index (χ0v) is 13.5. The second-order valence-corrected chi connectivity index (χ2v) is 6.40. The van der Waals surface area contributed by atoms with Crippen molar-refractivity contribution in [1.82, 2.24) is 15.3 Å². The molecule has 132 valence electrons. The fourth-order valence-electron chi connectivity index (χ4n) is 3.52. The standard InChI is InChI=1S/C16H18N4O5/c1-16(8-25-15(24)19-17)7-11-10(6-9-4-2-3-5-18-9)13(21)20(11)12(16)14(22)23/h2-6,11-12H,7-8,17H2,1H3,(H,19,24)(H,22,23)/b10-6+/t11?,12-,16-/m0/s1. The minimum atomic E-state index is -1.13. The van der Waals surface area contributed by atoms with E-state index in [-0.39, 0.29) is 18.6 Å².